The fourth-order valence-corrected chi connectivity index (χ4v) is 4.89. The number of rotatable bonds is 7. The van der Waals surface area contributed by atoms with E-state index in [1.165, 1.54) is 11.1 Å². The molecule has 0 radical (unpaired) electrons. The molecule has 1 aromatic heterocycles. The maximum atomic E-state index is 13.4. The van der Waals surface area contributed by atoms with Crippen molar-refractivity contribution in [1.82, 2.24) is 19.8 Å². The lowest BCUT2D eigenvalue weighted by Gasteiger charge is -2.36. The normalized spacial score (nSPS) is 20.7. The molecule has 0 saturated carbocycles. The Balaban J connectivity index is 1.29. The lowest BCUT2D eigenvalue weighted by molar-refractivity contribution is -0.137. The van der Waals surface area contributed by atoms with Gasteiger partial charge >= 0.3 is 0 Å². The van der Waals surface area contributed by atoms with Crippen LogP contribution >= 0.6 is 0 Å². The quantitative estimate of drug-likeness (QED) is 0.606. The number of amides is 1. The molecule has 5 heteroatoms. The molecule has 1 unspecified atom stereocenters. The maximum Gasteiger partial charge on any atom is 0.226 e. The van der Waals surface area contributed by atoms with Crippen LogP contribution < -0.4 is 0 Å². The lowest BCUT2D eigenvalue weighted by atomic mass is 9.81. The van der Waals surface area contributed by atoms with Crippen LogP contribution in [0, 0.1) is 11.8 Å². The summed E-state index contributed by atoms with van der Waals surface area (Å²) in [6.07, 6.45) is 12.3. The summed E-state index contributed by atoms with van der Waals surface area (Å²) in [5.41, 5.74) is 2.47. The lowest BCUT2D eigenvalue weighted by Crippen LogP contribution is -2.43. The summed E-state index contributed by atoms with van der Waals surface area (Å²) < 4.78 is 0. The molecule has 1 aromatic carbocycles. The van der Waals surface area contributed by atoms with E-state index in [1.54, 1.807) is 0 Å². The Kier molecular flexibility index (Phi) is 7.69. The summed E-state index contributed by atoms with van der Waals surface area (Å²) in [6.45, 7) is 8.75. The monoisotopic (exact) mass is 432 g/mol. The van der Waals surface area contributed by atoms with Crippen LogP contribution in [-0.4, -0.2) is 51.9 Å². The van der Waals surface area contributed by atoms with Crippen molar-refractivity contribution in [3.05, 3.63) is 71.8 Å². The number of aromatic nitrogens is 2. The molecular formula is C27H36N4O. The van der Waals surface area contributed by atoms with Gasteiger partial charge < -0.3 is 4.90 Å². The maximum absolute atomic E-state index is 13.4. The molecule has 1 fully saturated rings. The van der Waals surface area contributed by atoms with Gasteiger partial charge in [-0.25, -0.2) is 9.97 Å². The van der Waals surface area contributed by atoms with Crippen LogP contribution in [0.5, 0.6) is 0 Å². The molecule has 170 valence electrons. The van der Waals surface area contributed by atoms with Crippen molar-refractivity contribution in [2.75, 3.05) is 26.2 Å². The third-order valence-corrected chi connectivity index (χ3v) is 6.87. The molecule has 32 heavy (non-hydrogen) atoms. The van der Waals surface area contributed by atoms with Gasteiger partial charge in [0.2, 0.25) is 5.91 Å². The van der Waals surface area contributed by atoms with Gasteiger partial charge in [-0.3, -0.25) is 9.69 Å². The Morgan fingerprint density at radius 1 is 1.00 bits per heavy atom. The summed E-state index contributed by atoms with van der Waals surface area (Å²) in [5.74, 6) is 2.21. The van der Waals surface area contributed by atoms with E-state index in [9.17, 15) is 4.79 Å². The summed E-state index contributed by atoms with van der Waals surface area (Å²) in [6, 6.07) is 10.5. The minimum absolute atomic E-state index is 0.125. The van der Waals surface area contributed by atoms with Crippen LogP contribution in [-0.2, 0) is 17.8 Å². The van der Waals surface area contributed by atoms with Gasteiger partial charge in [0.05, 0.1) is 0 Å². The molecule has 1 saturated heterocycles. The first-order chi connectivity index (χ1) is 15.6. The first-order valence-electron chi connectivity index (χ1n) is 12.1. The van der Waals surface area contributed by atoms with E-state index in [0.29, 0.717) is 17.7 Å². The van der Waals surface area contributed by atoms with E-state index < -0.39 is 0 Å². The van der Waals surface area contributed by atoms with Crippen LogP contribution in [0.4, 0.5) is 0 Å². The second kappa shape index (κ2) is 10.9. The van der Waals surface area contributed by atoms with E-state index in [4.69, 9.17) is 0 Å². The second-order valence-corrected chi connectivity index (χ2v) is 9.55. The molecular weight excluding hydrogens is 396 g/mol. The van der Waals surface area contributed by atoms with Gasteiger partial charge in [-0.1, -0.05) is 56.3 Å². The molecule has 2 aliphatic heterocycles. The third-order valence-electron chi connectivity index (χ3n) is 6.87. The zero-order valence-corrected chi connectivity index (χ0v) is 19.5. The van der Waals surface area contributed by atoms with E-state index in [2.05, 4.69) is 70.0 Å². The van der Waals surface area contributed by atoms with Gasteiger partial charge in [-0.05, 0) is 50.3 Å². The topological polar surface area (TPSA) is 49.3 Å². The fourth-order valence-electron chi connectivity index (χ4n) is 4.89. The number of carbonyl (C=O) groups excluding carboxylic acids is 1. The van der Waals surface area contributed by atoms with E-state index in [1.807, 2.05) is 18.5 Å². The Bertz CT molecular complexity index is 886. The summed E-state index contributed by atoms with van der Waals surface area (Å²) in [5, 5.41) is 0. The Morgan fingerprint density at radius 2 is 1.72 bits per heavy atom. The summed E-state index contributed by atoms with van der Waals surface area (Å²) in [4.78, 5) is 26.9. The van der Waals surface area contributed by atoms with Crippen LogP contribution in [0.2, 0.25) is 0 Å². The highest BCUT2D eigenvalue weighted by Crippen LogP contribution is 2.31. The van der Waals surface area contributed by atoms with Crippen molar-refractivity contribution >= 4 is 5.91 Å². The minimum atomic E-state index is 0.125. The average molecular weight is 433 g/mol. The highest BCUT2D eigenvalue weighted by Gasteiger charge is 2.34. The Morgan fingerprint density at radius 3 is 2.41 bits per heavy atom. The summed E-state index contributed by atoms with van der Waals surface area (Å²) >= 11 is 0. The summed E-state index contributed by atoms with van der Waals surface area (Å²) in [7, 11) is 0. The van der Waals surface area contributed by atoms with Crippen molar-refractivity contribution < 1.29 is 4.79 Å². The molecule has 1 amide bonds. The van der Waals surface area contributed by atoms with Gasteiger partial charge in [0.25, 0.3) is 0 Å². The number of hydrogen-bond acceptors (Lipinski definition) is 4. The average Bonchev–Trinajstić information content (AvgIpc) is 3.00. The first kappa shape index (κ1) is 22.7. The standard InChI is InChI=1S/C27H36N4O/c1-21(2)26-28-18-23(19-29-26)20-30-15-12-24(13-16-30)25-10-6-7-14-31(27(25)32)17-11-22-8-4-3-5-9-22/h3-9,18-19,21,24-25H,10-17,20H2,1-2H3. The minimum Gasteiger partial charge on any atom is -0.338 e. The zero-order valence-electron chi connectivity index (χ0n) is 19.5. The van der Waals surface area contributed by atoms with E-state index in [-0.39, 0.29) is 5.92 Å². The molecule has 1 atom stereocenters. The van der Waals surface area contributed by atoms with E-state index >= 15 is 0 Å². The van der Waals surface area contributed by atoms with Gasteiger partial charge in [-0.2, -0.15) is 0 Å². The zero-order chi connectivity index (χ0) is 22.3. The molecule has 2 aromatic rings. The van der Waals surface area contributed by atoms with Crippen LogP contribution in [0.25, 0.3) is 0 Å². The number of benzene rings is 1. The molecule has 0 spiro atoms. The molecule has 4 rings (SSSR count). The predicted molar refractivity (Wildman–Crippen MR) is 128 cm³/mol. The van der Waals surface area contributed by atoms with Crippen molar-refractivity contribution in [3.8, 4) is 0 Å². The molecule has 0 N–H and O–H groups in total. The third kappa shape index (κ3) is 5.83. The van der Waals surface area contributed by atoms with Gasteiger partial charge in [0.1, 0.15) is 5.82 Å². The number of hydrogen-bond donors (Lipinski definition) is 0. The number of piperidine rings is 1. The van der Waals surface area contributed by atoms with Crippen molar-refractivity contribution in [3.63, 3.8) is 0 Å². The number of likely N-dealkylation sites (tertiary alicyclic amines) is 1. The largest absolute Gasteiger partial charge is 0.338 e. The van der Waals surface area contributed by atoms with Crippen LogP contribution in [0.1, 0.15) is 56.0 Å². The number of nitrogens with zero attached hydrogens (tertiary/aromatic N) is 4. The SMILES string of the molecule is CC(C)c1ncc(CN2CCC(C3CC=CCN(CCc4ccccc4)C3=O)CC2)cn1. The molecule has 0 bridgehead atoms. The first-order valence-corrected chi connectivity index (χ1v) is 12.1. The second-order valence-electron chi connectivity index (χ2n) is 9.55. The Hall–Kier alpha value is -2.53. The Labute approximate surface area is 192 Å². The predicted octanol–water partition coefficient (Wildman–Crippen LogP) is 4.46. The number of carbonyl (C=O) groups is 1. The highest BCUT2D eigenvalue weighted by molar-refractivity contribution is 5.80. The van der Waals surface area contributed by atoms with Gasteiger partial charge in [0, 0.05) is 49.4 Å². The van der Waals surface area contributed by atoms with Crippen molar-refractivity contribution in [2.45, 2.75) is 52.0 Å². The van der Waals surface area contributed by atoms with Crippen LogP contribution in [0.3, 0.4) is 0 Å². The molecule has 2 aliphatic rings. The van der Waals surface area contributed by atoms with Gasteiger partial charge in [-0.15, -0.1) is 0 Å². The van der Waals surface area contributed by atoms with Crippen molar-refractivity contribution in [2.24, 2.45) is 11.8 Å². The van der Waals surface area contributed by atoms with Gasteiger partial charge in [0.15, 0.2) is 0 Å². The fraction of sp³-hybridized carbons (Fsp3) is 0.519. The van der Waals surface area contributed by atoms with Crippen molar-refractivity contribution in [1.29, 1.82) is 0 Å². The molecule has 0 aliphatic carbocycles. The van der Waals surface area contributed by atoms with E-state index in [0.717, 1.165) is 64.2 Å². The number of allylic oxidation sites excluding steroid dienone is 1. The highest BCUT2D eigenvalue weighted by atomic mass is 16.2. The molecule has 5 nitrogen and oxygen atoms in total. The molecule has 3 heterocycles. The van der Waals surface area contributed by atoms with Crippen LogP contribution in [0.15, 0.2) is 54.9 Å². The smallest absolute Gasteiger partial charge is 0.226 e.